The first-order valence-electron chi connectivity index (χ1n) is 7.74. The smallest absolute Gasteiger partial charge is 0.227 e. The summed E-state index contributed by atoms with van der Waals surface area (Å²) in [7, 11) is 0. The molecule has 126 valence electrons. The second-order valence-corrected chi connectivity index (χ2v) is 6.82. The standard InChI is InChI=1S/C16H21N3O2S.ClH/c20-15(10-13-11-22-9-7-17-13)18-12-3-5-14(6-4-12)19-8-1-2-16(19)21;/h3-6,13,17H,1-2,7-11H2,(H,18,20);1H. The highest BCUT2D eigenvalue weighted by Gasteiger charge is 2.21. The summed E-state index contributed by atoms with van der Waals surface area (Å²) in [6.07, 6.45) is 2.05. The van der Waals surface area contributed by atoms with E-state index in [0.29, 0.717) is 12.8 Å². The number of amides is 2. The van der Waals surface area contributed by atoms with Crippen LogP contribution in [0.4, 0.5) is 11.4 Å². The lowest BCUT2D eigenvalue weighted by atomic mass is 10.2. The molecule has 2 heterocycles. The van der Waals surface area contributed by atoms with E-state index >= 15 is 0 Å². The van der Waals surface area contributed by atoms with Crippen molar-refractivity contribution in [3.05, 3.63) is 24.3 Å². The first kappa shape index (κ1) is 18.1. The molecule has 2 amide bonds. The molecule has 23 heavy (non-hydrogen) atoms. The fraction of sp³-hybridized carbons (Fsp3) is 0.500. The van der Waals surface area contributed by atoms with Crippen molar-refractivity contribution in [3.63, 3.8) is 0 Å². The zero-order valence-corrected chi connectivity index (χ0v) is 14.5. The molecule has 0 radical (unpaired) electrons. The molecule has 0 spiro atoms. The van der Waals surface area contributed by atoms with E-state index in [0.717, 1.165) is 42.4 Å². The minimum Gasteiger partial charge on any atom is -0.326 e. The second-order valence-electron chi connectivity index (χ2n) is 5.67. The maximum atomic E-state index is 12.0. The van der Waals surface area contributed by atoms with Crippen LogP contribution in [0.1, 0.15) is 19.3 Å². The van der Waals surface area contributed by atoms with Crippen molar-refractivity contribution in [2.24, 2.45) is 0 Å². The Morgan fingerprint density at radius 3 is 2.74 bits per heavy atom. The van der Waals surface area contributed by atoms with Gasteiger partial charge in [-0.3, -0.25) is 9.59 Å². The van der Waals surface area contributed by atoms with Gasteiger partial charge in [-0.1, -0.05) is 0 Å². The summed E-state index contributed by atoms with van der Waals surface area (Å²) in [5.41, 5.74) is 1.69. The van der Waals surface area contributed by atoms with Crippen LogP contribution < -0.4 is 15.5 Å². The molecule has 2 saturated heterocycles. The lowest BCUT2D eigenvalue weighted by Crippen LogP contribution is -2.39. The van der Waals surface area contributed by atoms with Crippen molar-refractivity contribution in [2.45, 2.75) is 25.3 Å². The number of halogens is 1. The average Bonchev–Trinajstić information content (AvgIpc) is 2.95. The van der Waals surface area contributed by atoms with Crippen LogP contribution in [-0.4, -0.2) is 42.5 Å². The summed E-state index contributed by atoms with van der Waals surface area (Å²) in [6, 6.07) is 7.78. The van der Waals surface area contributed by atoms with Gasteiger partial charge in [-0.15, -0.1) is 12.4 Å². The highest BCUT2D eigenvalue weighted by Crippen LogP contribution is 2.23. The van der Waals surface area contributed by atoms with Crippen LogP contribution in [0.15, 0.2) is 24.3 Å². The number of benzene rings is 1. The summed E-state index contributed by atoms with van der Waals surface area (Å²) >= 11 is 1.89. The van der Waals surface area contributed by atoms with Gasteiger partial charge in [0, 0.05) is 54.9 Å². The predicted octanol–water partition coefficient (Wildman–Crippen LogP) is 2.27. The van der Waals surface area contributed by atoms with E-state index < -0.39 is 0 Å². The van der Waals surface area contributed by atoms with Crippen LogP contribution in [0.25, 0.3) is 0 Å². The monoisotopic (exact) mass is 355 g/mol. The van der Waals surface area contributed by atoms with Crippen LogP contribution >= 0.6 is 24.2 Å². The molecule has 0 saturated carbocycles. The summed E-state index contributed by atoms with van der Waals surface area (Å²) < 4.78 is 0. The Labute approximate surface area is 147 Å². The number of nitrogens with one attached hydrogen (secondary N) is 2. The van der Waals surface area contributed by atoms with E-state index in [4.69, 9.17) is 0 Å². The minimum absolute atomic E-state index is 0. The van der Waals surface area contributed by atoms with E-state index in [2.05, 4.69) is 10.6 Å². The largest absolute Gasteiger partial charge is 0.326 e. The summed E-state index contributed by atoms with van der Waals surface area (Å²) in [4.78, 5) is 25.6. The number of hydrogen-bond donors (Lipinski definition) is 2. The molecule has 2 aliphatic rings. The number of rotatable bonds is 4. The van der Waals surface area contributed by atoms with Crippen molar-refractivity contribution in [2.75, 3.05) is 34.8 Å². The van der Waals surface area contributed by atoms with Gasteiger partial charge in [0.05, 0.1) is 0 Å². The Hall–Kier alpha value is -1.24. The number of thioether (sulfide) groups is 1. The third-order valence-electron chi connectivity index (χ3n) is 3.97. The highest BCUT2D eigenvalue weighted by atomic mass is 35.5. The van der Waals surface area contributed by atoms with Crippen molar-refractivity contribution in [3.8, 4) is 0 Å². The maximum absolute atomic E-state index is 12.0. The molecule has 2 aliphatic heterocycles. The molecule has 7 heteroatoms. The molecule has 1 aromatic carbocycles. The lowest BCUT2D eigenvalue weighted by molar-refractivity contribution is -0.117. The number of carbonyl (C=O) groups excluding carboxylic acids is 2. The van der Waals surface area contributed by atoms with Gasteiger partial charge in [-0.2, -0.15) is 11.8 Å². The average molecular weight is 356 g/mol. The Balaban J connectivity index is 0.00000192. The van der Waals surface area contributed by atoms with Crippen LogP contribution in [0.5, 0.6) is 0 Å². The van der Waals surface area contributed by atoms with Crippen molar-refractivity contribution in [1.82, 2.24) is 5.32 Å². The quantitative estimate of drug-likeness (QED) is 0.869. The molecule has 3 rings (SSSR count). The van der Waals surface area contributed by atoms with E-state index in [1.807, 2.05) is 36.0 Å². The Bertz CT molecular complexity index is 547. The predicted molar refractivity (Wildman–Crippen MR) is 97.6 cm³/mol. The van der Waals surface area contributed by atoms with Gasteiger partial charge in [0.25, 0.3) is 0 Å². The van der Waals surface area contributed by atoms with Crippen LogP contribution in [0.2, 0.25) is 0 Å². The number of carbonyl (C=O) groups is 2. The van der Waals surface area contributed by atoms with Crippen LogP contribution in [0.3, 0.4) is 0 Å². The SMILES string of the molecule is Cl.O=C(CC1CSCCN1)Nc1ccc(N2CCCC2=O)cc1. The molecule has 2 N–H and O–H groups in total. The minimum atomic E-state index is 0. The molecule has 2 fully saturated rings. The summed E-state index contributed by atoms with van der Waals surface area (Å²) in [5.74, 6) is 2.32. The molecule has 5 nitrogen and oxygen atoms in total. The van der Waals surface area contributed by atoms with E-state index in [1.165, 1.54) is 0 Å². The molecule has 0 aliphatic carbocycles. The molecule has 1 aromatic rings. The van der Waals surface area contributed by atoms with Gasteiger partial charge in [0.1, 0.15) is 0 Å². The van der Waals surface area contributed by atoms with Gasteiger partial charge in [-0.25, -0.2) is 0 Å². The number of anilines is 2. The van der Waals surface area contributed by atoms with Crippen LogP contribution in [0, 0.1) is 0 Å². The van der Waals surface area contributed by atoms with Gasteiger partial charge >= 0.3 is 0 Å². The molecule has 1 atom stereocenters. The van der Waals surface area contributed by atoms with E-state index in [1.54, 1.807) is 4.90 Å². The Kier molecular flexibility index (Phi) is 6.74. The Morgan fingerprint density at radius 2 is 2.13 bits per heavy atom. The fourth-order valence-corrected chi connectivity index (χ4v) is 3.78. The topological polar surface area (TPSA) is 61.4 Å². The first-order valence-corrected chi connectivity index (χ1v) is 8.89. The lowest BCUT2D eigenvalue weighted by Gasteiger charge is -2.22. The number of nitrogens with zero attached hydrogens (tertiary/aromatic N) is 1. The van der Waals surface area contributed by atoms with Crippen molar-refractivity contribution >= 4 is 47.4 Å². The number of hydrogen-bond acceptors (Lipinski definition) is 4. The normalized spacial score (nSPS) is 21.0. The molecule has 0 aromatic heterocycles. The summed E-state index contributed by atoms with van der Waals surface area (Å²) in [5, 5.41) is 6.29. The van der Waals surface area contributed by atoms with Crippen molar-refractivity contribution < 1.29 is 9.59 Å². The maximum Gasteiger partial charge on any atom is 0.227 e. The van der Waals surface area contributed by atoms with Gasteiger partial charge in [0.2, 0.25) is 11.8 Å². The molecular formula is C16H22ClN3O2S. The van der Waals surface area contributed by atoms with Gasteiger partial charge in [-0.05, 0) is 30.7 Å². The van der Waals surface area contributed by atoms with E-state index in [9.17, 15) is 9.59 Å². The van der Waals surface area contributed by atoms with Gasteiger partial charge in [0.15, 0.2) is 0 Å². The molecule has 1 unspecified atom stereocenters. The first-order chi connectivity index (χ1) is 10.7. The third-order valence-corrected chi connectivity index (χ3v) is 5.10. The fourth-order valence-electron chi connectivity index (χ4n) is 2.83. The molecule has 0 bridgehead atoms. The molecular weight excluding hydrogens is 334 g/mol. The van der Waals surface area contributed by atoms with Gasteiger partial charge < -0.3 is 15.5 Å². The highest BCUT2D eigenvalue weighted by molar-refractivity contribution is 7.99. The van der Waals surface area contributed by atoms with Crippen molar-refractivity contribution in [1.29, 1.82) is 0 Å². The zero-order chi connectivity index (χ0) is 15.4. The Morgan fingerprint density at radius 1 is 1.35 bits per heavy atom. The zero-order valence-electron chi connectivity index (χ0n) is 12.9. The second kappa shape index (κ2) is 8.57. The van der Waals surface area contributed by atoms with Crippen LogP contribution in [-0.2, 0) is 9.59 Å². The van der Waals surface area contributed by atoms with E-state index in [-0.39, 0.29) is 30.3 Å². The summed E-state index contributed by atoms with van der Waals surface area (Å²) in [6.45, 7) is 1.76. The third kappa shape index (κ3) is 4.86.